The molecule has 1 aliphatic rings. The minimum Gasteiger partial charge on any atom is -0.381 e. The molecule has 1 aliphatic heterocycles. The van der Waals surface area contributed by atoms with Gasteiger partial charge in [0.2, 0.25) is 0 Å². The van der Waals surface area contributed by atoms with Crippen LogP contribution in [0.1, 0.15) is 30.1 Å². The predicted octanol–water partition coefficient (Wildman–Crippen LogP) is 3.20. The third kappa shape index (κ3) is 2.51. The first kappa shape index (κ1) is 12.6. The van der Waals surface area contributed by atoms with Crippen molar-refractivity contribution in [1.82, 2.24) is 5.32 Å². The summed E-state index contributed by atoms with van der Waals surface area (Å²) < 4.78 is 6.52. The summed E-state index contributed by atoms with van der Waals surface area (Å²) in [6.07, 6.45) is 1.75. The molecule has 1 aromatic carbocycles. The quantitative estimate of drug-likeness (QED) is 0.914. The van der Waals surface area contributed by atoms with Gasteiger partial charge in [-0.25, -0.2) is 0 Å². The molecule has 2 heterocycles. The van der Waals surface area contributed by atoms with Gasteiger partial charge in [0.25, 0.3) is 5.91 Å². The highest BCUT2D eigenvalue weighted by Crippen LogP contribution is 2.27. The van der Waals surface area contributed by atoms with E-state index in [4.69, 9.17) is 4.74 Å². The van der Waals surface area contributed by atoms with Crippen LogP contribution in [0.2, 0.25) is 0 Å². The Morgan fingerprint density at radius 3 is 2.84 bits per heavy atom. The maximum absolute atomic E-state index is 12.4. The summed E-state index contributed by atoms with van der Waals surface area (Å²) in [6.45, 7) is 3.55. The van der Waals surface area contributed by atoms with E-state index in [0.717, 1.165) is 41.7 Å². The SMILES string of the molecule is CC1(NC(=O)c2csc3ccccc23)CCOCC1. The molecule has 3 nitrogen and oxygen atoms in total. The summed E-state index contributed by atoms with van der Waals surface area (Å²) in [5.74, 6) is 0.0295. The largest absolute Gasteiger partial charge is 0.381 e. The molecule has 0 aliphatic carbocycles. The van der Waals surface area contributed by atoms with E-state index >= 15 is 0 Å². The minimum atomic E-state index is -0.141. The Morgan fingerprint density at radius 2 is 2.05 bits per heavy atom. The highest BCUT2D eigenvalue weighted by atomic mass is 32.1. The average Bonchev–Trinajstić information content (AvgIpc) is 2.83. The Labute approximate surface area is 116 Å². The van der Waals surface area contributed by atoms with Crippen molar-refractivity contribution in [2.24, 2.45) is 0 Å². The molecule has 1 N–H and O–H groups in total. The number of carbonyl (C=O) groups is 1. The van der Waals surface area contributed by atoms with Gasteiger partial charge in [0, 0.05) is 34.2 Å². The first-order valence-electron chi connectivity index (χ1n) is 6.54. The number of nitrogens with one attached hydrogen (secondary N) is 1. The van der Waals surface area contributed by atoms with Crippen LogP contribution in [0.3, 0.4) is 0 Å². The molecule has 0 spiro atoms. The number of carbonyl (C=O) groups excluding carboxylic acids is 1. The maximum Gasteiger partial charge on any atom is 0.253 e. The molecule has 1 saturated heterocycles. The third-order valence-electron chi connectivity index (χ3n) is 3.74. The first-order valence-corrected chi connectivity index (χ1v) is 7.42. The van der Waals surface area contributed by atoms with Crippen LogP contribution < -0.4 is 5.32 Å². The predicted molar refractivity (Wildman–Crippen MR) is 77.7 cm³/mol. The molecule has 0 atom stereocenters. The van der Waals surface area contributed by atoms with E-state index in [2.05, 4.69) is 12.2 Å². The zero-order valence-corrected chi connectivity index (χ0v) is 11.8. The number of thiophene rings is 1. The van der Waals surface area contributed by atoms with Gasteiger partial charge in [-0.1, -0.05) is 18.2 Å². The van der Waals surface area contributed by atoms with Crippen LogP contribution >= 0.6 is 11.3 Å². The van der Waals surface area contributed by atoms with E-state index in [0.29, 0.717) is 0 Å². The molecule has 0 saturated carbocycles. The summed E-state index contributed by atoms with van der Waals surface area (Å²) in [5, 5.41) is 6.17. The van der Waals surface area contributed by atoms with Crippen LogP contribution in [0.4, 0.5) is 0 Å². The average molecular weight is 275 g/mol. The van der Waals surface area contributed by atoms with Gasteiger partial charge in [-0.05, 0) is 25.8 Å². The highest BCUT2D eigenvalue weighted by Gasteiger charge is 2.29. The Hall–Kier alpha value is -1.39. The molecule has 3 rings (SSSR count). The van der Waals surface area contributed by atoms with Gasteiger partial charge in [-0.2, -0.15) is 0 Å². The van der Waals surface area contributed by atoms with Crippen LogP contribution in [0.5, 0.6) is 0 Å². The number of amides is 1. The maximum atomic E-state index is 12.4. The van der Waals surface area contributed by atoms with E-state index in [9.17, 15) is 4.79 Å². The molecule has 0 radical (unpaired) electrons. The Morgan fingerprint density at radius 1 is 1.32 bits per heavy atom. The van der Waals surface area contributed by atoms with E-state index in [1.807, 2.05) is 29.6 Å². The van der Waals surface area contributed by atoms with Crippen molar-refractivity contribution in [1.29, 1.82) is 0 Å². The Balaban J connectivity index is 1.84. The summed E-state index contributed by atoms with van der Waals surface area (Å²) in [6, 6.07) is 8.03. The third-order valence-corrected chi connectivity index (χ3v) is 4.70. The lowest BCUT2D eigenvalue weighted by Crippen LogP contribution is -2.49. The van der Waals surface area contributed by atoms with Crippen LogP contribution in [-0.2, 0) is 4.74 Å². The lowest BCUT2D eigenvalue weighted by atomic mass is 9.92. The number of hydrogen-bond acceptors (Lipinski definition) is 3. The molecule has 2 aromatic rings. The van der Waals surface area contributed by atoms with Gasteiger partial charge in [-0.15, -0.1) is 11.3 Å². The van der Waals surface area contributed by atoms with Crippen LogP contribution in [-0.4, -0.2) is 24.7 Å². The Bertz CT molecular complexity index is 599. The highest BCUT2D eigenvalue weighted by molar-refractivity contribution is 7.17. The van der Waals surface area contributed by atoms with Gasteiger partial charge in [-0.3, -0.25) is 4.79 Å². The molecule has 0 unspecified atom stereocenters. The zero-order chi connectivity index (χ0) is 13.3. The smallest absolute Gasteiger partial charge is 0.253 e. The fourth-order valence-electron chi connectivity index (χ4n) is 2.44. The standard InChI is InChI=1S/C15H17NO2S/c1-15(6-8-18-9-7-15)16-14(17)12-10-19-13-5-3-2-4-11(12)13/h2-5,10H,6-9H2,1H3,(H,16,17). The van der Waals surface area contributed by atoms with Crippen LogP contribution in [0.15, 0.2) is 29.6 Å². The van der Waals surface area contributed by atoms with Gasteiger partial charge >= 0.3 is 0 Å². The summed E-state index contributed by atoms with van der Waals surface area (Å²) in [7, 11) is 0. The van der Waals surface area contributed by atoms with E-state index in [1.54, 1.807) is 11.3 Å². The van der Waals surface area contributed by atoms with E-state index < -0.39 is 0 Å². The molecule has 0 bridgehead atoms. The number of fused-ring (bicyclic) bond motifs is 1. The lowest BCUT2D eigenvalue weighted by molar-refractivity contribution is 0.0423. The molecular formula is C15H17NO2S. The second-order valence-electron chi connectivity index (χ2n) is 5.27. The van der Waals surface area contributed by atoms with E-state index in [-0.39, 0.29) is 11.4 Å². The monoisotopic (exact) mass is 275 g/mol. The number of hydrogen-bond donors (Lipinski definition) is 1. The van der Waals surface area contributed by atoms with Crippen molar-refractivity contribution < 1.29 is 9.53 Å². The normalized spacial score (nSPS) is 18.4. The second kappa shape index (κ2) is 4.94. The van der Waals surface area contributed by atoms with Crippen molar-refractivity contribution in [3.8, 4) is 0 Å². The molecule has 1 aromatic heterocycles. The van der Waals surface area contributed by atoms with Crippen molar-refractivity contribution >= 4 is 27.3 Å². The fourth-order valence-corrected chi connectivity index (χ4v) is 3.38. The minimum absolute atomic E-state index is 0.0295. The molecular weight excluding hydrogens is 258 g/mol. The molecule has 1 fully saturated rings. The molecule has 1 amide bonds. The van der Waals surface area contributed by atoms with Gasteiger partial charge in [0.1, 0.15) is 0 Å². The first-order chi connectivity index (χ1) is 9.18. The topological polar surface area (TPSA) is 38.3 Å². The number of rotatable bonds is 2. The van der Waals surface area contributed by atoms with Crippen molar-refractivity contribution in [3.63, 3.8) is 0 Å². The number of benzene rings is 1. The van der Waals surface area contributed by atoms with Crippen LogP contribution in [0.25, 0.3) is 10.1 Å². The van der Waals surface area contributed by atoms with Crippen molar-refractivity contribution in [2.45, 2.75) is 25.3 Å². The number of ether oxygens (including phenoxy) is 1. The molecule has 4 heteroatoms. The Kier molecular flexibility index (Phi) is 3.29. The fraction of sp³-hybridized carbons (Fsp3) is 0.400. The van der Waals surface area contributed by atoms with Crippen molar-refractivity contribution in [3.05, 3.63) is 35.2 Å². The molecule has 100 valence electrons. The zero-order valence-electron chi connectivity index (χ0n) is 10.9. The van der Waals surface area contributed by atoms with Crippen molar-refractivity contribution in [2.75, 3.05) is 13.2 Å². The van der Waals surface area contributed by atoms with Crippen LogP contribution in [0, 0.1) is 0 Å². The summed E-state index contributed by atoms with van der Waals surface area (Å²) in [5.41, 5.74) is 0.645. The lowest BCUT2D eigenvalue weighted by Gasteiger charge is -2.34. The van der Waals surface area contributed by atoms with Gasteiger partial charge in [0.05, 0.1) is 5.56 Å². The summed E-state index contributed by atoms with van der Waals surface area (Å²) >= 11 is 1.62. The summed E-state index contributed by atoms with van der Waals surface area (Å²) in [4.78, 5) is 12.4. The van der Waals surface area contributed by atoms with E-state index in [1.165, 1.54) is 0 Å². The second-order valence-corrected chi connectivity index (χ2v) is 6.18. The van der Waals surface area contributed by atoms with Gasteiger partial charge in [0.15, 0.2) is 0 Å². The molecule has 19 heavy (non-hydrogen) atoms. The van der Waals surface area contributed by atoms with Gasteiger partial charge < -0.3 is 10.1 Å².